The fraction of sp³-hybridized carbons (Fsp3) is 0.533. The quantitative estimate of drug-likeness (QED) is 0.808. The van der Waals surface area contributed by atoms with Crippen LogP contribution in [0.15, 0.2) is 12.1 Å². The molecule has 0 atom stereocenters. The Bertz CT molecular complexity index is 489. The van der Waals surface area contributed by atoms with Crippen LogP contribution in [-0.4, -0.2) is 5.78 Å². The normalized spacial score (nSPS) is 15.2. The first-order valence-electron chi connectivity index (χ1n) is 6.66. The highest BCUT2D eigenvalue weighted by atomic mass is 19.4. The van der Waals surface area contributed by atoms with E-state index >= 15 is 0 Å². The maximum Gasteiger partial charge on any atom is 0.416 e. The monoisotopic (exact) mass is 270 g/mol. The molecular weight excluding hydrogens is 253 g/mol. The summed E-state index contributed by atoms with van der Waals surface area (Å²) in [5.74, 6) is 0.0764. The van der Waals surface area contributed by atoms with E-state index in [1.807, 2.05) is 0 Å². The highest BCUT2D eigenvalue weighted by Crippen LogP contribution is 2.37. The molecule has 1 aliphatic carbocycles. The summed E-state index contributed by atoms with van der Waals surface area (Å²) in [6, 6.07) is 2.63. The van der Waals surface area contributed by atoms with Crippen molar-refractivity contribution in [1.29, 1.82) is 0 Å². The van der Waals surface area contributed by atoms with Crippen molar-refractivity contribution in [2.45, 2.75) is 51.6 Å². The van der Waals surface area contributed by atoms with Gasteiger partial charge in [-0.15, -0.1) is 0 Å². The van der Waals surface area contributed by atoms with E-state index in [9.17, 15) is 18.0 Å². The Hall–Kier alpha value is -1.32. The van der Waals surface area contributed by atoms with Crippen LogP contribution in [0.4, 0.5) is 13.2 Å². The molecule has 2 rings (SSSR count). The topological polar surface area (TPSA) is 17.1 Å². The van der Waals surface area contributed by atoms with Crippen LogP contribution >= 0.6 is 0 Å². The van der Waals surface area contributed by atoms with E-state index in [2.05, 4.69) is 0 Å². The van der Waals surface area contributed by atoms with E-state index in [4.69, 9.17) is 0 Å². The minimum absolute atomic E-state index is 0.0764. The van der Waals surface area contributed by atoms with Crippen LogP contribution < -0.4 is 0 Å². The predicted molar refractivity (Wildman–Crippen MR) is 67.1 cm³/mol. The van der Waals surface area contributed by atoms with E-state index in [0.717, 1.165) is 30.0 Å². The first kappa shape index (κ1) is 14.1. The lowest BCUT2D eigenvalue weighted by molar-refractivity contribution is -0.138. The molecule has 0 radical (unpaired) electrons. The fourth-order valence-corrected chi connectivity index (χ4v) is 2.71. The number of fused-ring (bicyclic) bond motifs is 1. The molecule has 0 fully saturated rings. The van der Waals surface area contributed by atoms with Crippen molar-refractivity contribution in [3.05, 3.63) is 34.4 Å². The Morgan fingerprint density at radius 1 is 1.16 bits per heavy atom. The summed E-state index contributed by atoms with van der Waals surface area (Å²) in [6.07, 6.45) is -0.783. The number of carbonyl (C=O) groups is 1. The van der Waals surface area contributed by atoms with Gasteiger partial charge in [0, 0.05) is 12.8 Å². The molecule has 0 bridgehead atoms. The van der Waals surface area contributed by atoms with Gasteiger partial charge in [0.1, 0.15) is 5.78 Å². The van der Waals surface area contributed by atoms with E-state index in [1.165, 1.54) is 6.07 Å². The van der Waals surface area contributed by atoms with Crippen LogP contribution in [0, 0.1) is 0 Å². The molecule has 0 aliphatic heterocycles. The van der Waals surface area contributed by atoms with Crippen LogP contribution in [0.2, 0.25) is 0 Å². The molecule has 0 unspecified atom stereocenters. The van der Waals surface area contributed by atoms with Crippen molar-refractivity contribution in [3.63, 3.8) is 0 Å². The van der Waals surface area contributed by atoms with Gasteiger partial charge in [0.25, 0.3) is 0 Å². The second-order valence-corrected chi connectivity index (χ2v) is 5.00. The molecule has 1 nitrogen and oxygen atoms in total. The van der Waals surface area contributed by atoms with E-state index < -0.39 is 11.7 Å². The second kappa shape index (κ2) is 5.35. The molecule has 104 valence electrons. The molecular formula is C15H17F3O. The summed E-state index contributed by atoms with van der Waals surface area (Å²) >= 11 is 0. The Labute approximate surface area is 110 Å². The molecule has 1 aromatic rings. The maximum atomic E-state index is 13.0. The van der Waals surface area contributed by atoms with Gasteiger partial charge in [0.05, 0.1) is 5.56 Å². The van der Waals surface area contributed by atoms with Crippen LogP contribution in [-0.2, 0) is 30.2 Å². The van der Waals surface area contributed by atoms with E-state index in [-0.39, 0.29) is 12.2 Å². The van der Waals surface area contributed by atoms with Crippen LogP contribution in [0.5, 0.6) is 0 Å². The predicted octanol–water partition coefficient (Wildman–Crippen LogP) is 4.11. The summed E-state index contributed by atoms with van der Waals surface area (Å²) in [5, 5.41) is 0. The molecule has 0 saturated carbocycles. The average Bonchev–Trinajstić information content (AvgIpc) is 2.37. The maximum absolute atomic E-state index is 13.0. The average molecular weight is 270 g/mol. The number of benzene rings is 1. The van der Waals surface area contributed by atoms with Gasteiger partial charge in [-0.05, 0) is 48.4 Å². The lowest BCUT2D eigenvalue weighted by Gasteiger charge is -2.23. The Morgan fingerprint density at radius 3 is 2.37 bits per heavy atom. The molecule has 0 saturated heterocycles. The zero-order chi connectivity index (χ0) is 14.0. The van der Waals surface area contributed by atoms with Crippen molar-refractivity contribution >= 4 is 5.78 Å². The SMILES string of the molecule is CCC(=O)Cc1ccc(C(F)(F)F)c2c1CCCC2. The lowest BCUT2D eigenvalue weighted by atomic mass is 9.83. The number of alkyl halides is 3. The third kappa shape index (κ3) is 2.99. The van der Waals surface area contributed by atoms with Crippen molar-refractivity contribution < 1.29 is 18.0 Å². The van der Waals surface area contributed by atoms with Gasteiger partial charge in [0.15, 0.2) is 0 Å². The minimum atomic E-state index is -4.30. The molecule has 19 heavy (non-hydrogen) atoms. The number of rotatable bonds is 3. The molecule has 0 amide bonds. The van der Waals surface area contributed by atoms with Gasteiger partial charge < -0.3 is 0 Å². The molecule has 0 spiro atoms. The number of halogens is 3. The summed E-state index contributed by atoms with van der Waals surface area (Å²) in [4.78, 5) is 11.5. The molecule has 1 aromatic carbocycles. The van der Waals surface area contributed by atoms with Gasteiger partial charge in [-0.1, -0.05) is 13.0 Å². The van der Waals surface area contributed by atoms with E-state index in [1.54, 1.807) is 6.92 Å². The minimum Gasteiger partial charge on any atom is -0.299 e. The van der Waals surface area contributed by atoms with Crippen molar-refractivity contribution in [2.24, 2.45) is 0 Å². The summed E-state index contributed by atoms with van der Waals surface area (Å²) < 4.78 is 38.9. The van der Waals surface area contributed by atoms with Gasteiger partial charge in [-0.3, -0.25) is 4.79 Å². The summed E-state index contributed by atoms with van der Waals surface area (Å²) in [5.41, 5.74) is 1.45. The third-order valence-corrected chi connectivity index (χ3v) is 3.72. The van der Waals surface area contributed by atoms with Gasteiger partial charge in [-0.2, -0.15) is 13.2 Å². The first-order chi connectivity index (χ1) is 8.93. The van der Waals surface area contributed by atoms with Crippen molar-refractivity contribution in [1.82, 2.24) is 0 Å². The van der Waals surface area contributed by atoms with Crippen molar-refractivity contribution in [2.75, 3.05) is 0 Å². The number of hydrogen-bond donors (Lipinski definition) is 0. The fourth-order valence-electron chi connectivity index (χ4n) is 2.71. The molecule has 0 aromatic heterocycles. The van der Waals surface area contributed by atoms with Gasteiger partial charge >= 0.3 is 6.18 Å². The molecule has 0 N–H and O–H groups in total. The Balaban J connectivity index is 2.46. The highest BCUT2D eigenvalue weighted by molar-refractivity contribution is 5.81. The zero-order valence-electron chi connectivity index (χ0n) is 10.9. The molecule has 4 heteroatoms. The van der Waals surface area contributed by atoms with Crippen LogP contribution in [0.1, 0.15) is 48.4 Å². The largest absolute Gasteiger partial charge is 0.416 e. The number of Topliss-reactive ketones (excluding diaryl/α,β-unsaturated/α-hetero) is 1. The van der Waals surface area contributed by atoms with Crippen molar-refractivity contribution in [3.8, 4) is 0 Å². The molecule has 0 heterocycles. The smallest absolute Gasteiger partial charge is 0.299 e. The Morgan fingerprint density at radius 2 is 1.79 bits per heavy atom. The third-order valence-electron chi connectivity index (χ3n) is 3.72. The Kier molecular flexibility index (Phi) is 3.97. The van der Waals surface area contributed by atoms with E-state index in [0.29, 0.717) is 24.8 Å². The molecule has 1 aliphatic rings. The van der Waals surface area contributed by atoms with Gasteiger partial charge in [-0.25, -0.2) is 0 Å². The van der Waals surface area contributed by atoms with Gasteiger partial charge in [0.2, 0.25) is 0 Å². The second-order valence-electron chi connectivity index (χ2n) is 5.00. The highest BCUT2D eigenvalue weighted by Gasteiger charge is 2.35. The summed E-state index contributed by atoms with van der Waals surface area (Å²) in [6.45, 7) is 1.78. The van der Waals surface area contributed by atoms with Crippen LogP contribution in [0.3, 0.4) is 0 Å². The number of hydrogen-bond acceptors (Lipinski definition) is 1. The summed E-state index contributed by atoms with van der Waals surface area (Å²) in [7, 11) is 0. The first-order valence-corrected chi connectivity index (χ1v) is 6.66. The number of ketones is 1. The lowest BCUT2D eigenvalue weighted by Crippen LogP contribution is -2.17. The zero-order valence-corrected chi connectivity index (χ0v) is 10.9. The number of carbonyl (C=O) groups excluding carboxylic acids is 1. The standard InChI is InChI=1S/C15H17F3O/c1-2-11(19)9-10-7-8-14(15(16,17)18)13-6-4-3-5-12(10)13/h7-8H,2-6,9H2,1H3. The van der Waals surface area contributed by atoms with Crippen LogP contribution in [0.25, 0.3) is 0 Å².